The van der Waals surface area contributed by atoms with Gasteiger partial charge >= 0.3 is 8.25 Å². The van der Waals surface area contributed by atoms with Gasteiger partial charge in [-0.3, -0.25) is 9.36 Å². The van der Waals surface area contributed by atoms with E-state index >= 15 is 0 Å². The van der Waals surface area contributed by atoms with Crippen LogP contribution in [0.4, 0.5) is 0 Å². The van der Waals surface area contributed by atoms with Crippen molar-refractivity contribution in [2.75, 3.05) is 13.7 Å². The minimum Gasteiger partial charge on any atom is -0.496 e. The third-order valence-electron chi connectivity index (χ3n) is 4.43. The Hall–Kier alpha value is -1.42. The van der Waals surface area contributed by atoms with Crippen LogP contribution in [0.3, 0.4) is 0 Å². The van der Waals surface area contributed by atoms with Gasteiger partial charge in [0.25, 0.3) is 0 Å². The highest BCUT2D eigenvalue weighted by Gasteiger charge is 2.26. The summed E-state index contributed by atoms with van der Waals surface area (Å²) in [5.41, 5.74) is 4.54. The molecule has 1 aromatic rings. The highest BCUT2D eigenvalue weighted by molar-refractivity contribution is 7.32. The zero-order valence-corrected chi connectivity index (χ0v) is 16.3. The van der Waals surface area contributed by atoms with Gasteiger partial charge in [-0.05, 0) is 59.9 Å². The monoisotopic (exact) mass is 366 g/mol. The predicted molar refractivity (Wildman–Crippen MR) is 99.5 cm³/mol. The van der Waals surface area contributed by atoms with Gasteiger partial charge in [0.05, 0.1) is 7.11 Å². The summed E-state index contributed by atoms with van der Waals surface area (Å²) in [6.45, 7) is 6.05. The molecule has 0 bridgehead atoms. The smallest absolute Gasteiger partial charge is 0.317 e. The van der Waals surface area contributed by atoms with E-state index in [0.29, 0.717) is 0 Å². The zero-order chi connectivity index (χ0) is 18.6. The van der Waals surface area contributed by atoms with Gasteiger partial charge in [-0.2, -0.15) is 0 Å². The van der Waals surface area contributed by atoms with E-state index in [1.54, 1.807) is 13.2 Å². The lowest BCUT2D eigenvalue weighted by molar-refractivity contribution is -0.116. The van der Waals surface area contributed by atoms with Crippen molar-refractivity contribution in [3.05, 3.63) is 34.4 Å². The first-order valence-electron chi connectivity index (χ1n) is 8.54. The molecular weight excluding hydrogens is 339 g/mol. The maximum Gasteiger partial charge on any atom is 0.317 e. The molecule has 0 radical (unpaired) electrons. The highest BCUT2D eigenvalue weighted by Crippen LogP contribution is 2.41. The van der Waals surface area contributed by atoms with Gasteiger partial charge in [0.2, 0.25) is 0 Å². The maximum absolute atomic E-state index is 11.8. The number of hydrogen-bond acceptors (Lipinski definition) is 4. The van der Waals surface area contributed by atoms with Crippen LogP contribution in [-0.2, 0) is 32.1 Å². The van der Waals surface area contributed by atoms with Crippen molar-refractivity contribution < 1.29 is 23.5 Å². The zero-order valence-electron chi connectivity index (χ0n) is 15.3. The van der Waals surface area contributed by atoms with Crippen LogP contribution in [-0.4, -0.2) is 24.4 Å². The van der Waals surface area contributed by atoms with Crippen molar-refractivity contribution in [2.24, 2.45) is 0 Å². The van der Waals surface area contributed by atoms with E-state index < -0.39 is 8.25 Å². The van der Waals surface area contributed by atoms with E-state index in [0.717, 1.165) is 42.6 Å². The van der Waals surface area contributed by atoms with Crippen molar-refractivity contribution in [1.82, 2.24) is 0 Å². The number of ketones is 1. The average molecular weight is 366 g/mol. The molecule has 1 aromatic carbocycles. The molecule has 0 aliphatic heterocycles. The Morgan fingerprint density at radius 2 is 1.92 bits per heavy atom. The molecule has 0 saturated heterocycles. The lowest BCUT2D eigenvalue weighted by Gasteiger charge is -2.29. The van der Waals surface area contributed by atoms with Crippen molar-refractivity contribution in [2.45, 2.75) is 51.9 Å². The van der Waals surface area contributed by atoms with E-state index in [-0.39, 0.29) is 17.8 Å². The van der Waals surface area contributed by atoms with Gasteiger partial charge in [0, 0.05) is 5.56 Å². The molecule has 0 fully saturated rings. The molecule has 5 nitrogen and oxygen atoms in total. The first-order chi connectivity index (χ1) is 11.7. The van der Waals surface area contributed by atoms with Gasteiger partial charge in [0.15, 0.2) is 5.78 Å². The Balaban J connectivity index is 2.43. The standard InChI is InChI=1S/C19H27O5P/c1-19(2,3)17-11-13(9-10-14(20)12-24-25(21)22)15-7-5-6-8-16(15)18(17)23-4/h9-11,25H,5-8,12H2,1-4H3,(H,21,22). The molecule has 0 saturated carbocycles. The third-order valence-corrected chi connectivity index (χ3v) is 4.82. The quantitative estimate of drug-likeness (QED) is 0.611. The molecule has 1 N–H and O–H groups in total. The van der Waals surface area contributed by atoms with E-state index in [1.165, 1.54) is 17.2 Å². The van der Waals surface area contributed by atoms with E-state index in [4.69, 9.17) is 9.63 Å². The molecular formula is C19H27O5P. The minimum atomic E-state index is -3.08. The SMILES string of the molecule is COc1c(C(C)(C)C)cc(C=CC(=O)CO[PH](=O)O)c2c1CCCC2. The van der Waals surface area contributed by atoms with Crippen LogP contribution >= 0.6 is 8.25 Å². The third kappa shape index (κ3) is 5.04. The first kappa shape index (κ1) is 19.9. The van der Waals surface area contributed by atoms with E-state index in [9.17, 15) is 9.36 Å². The van der Waals surface area contributed by atoms with Gasteiger partial charge in [-0.25, -0.2) is 0 Å². The molecule has 138 valence electrons. The molecule has 0 aromatic heterocycles. The summed E-state index contributed by atoms with van der Waals surface area (Å²) in [5.74, 6) is 0.637. The largest absolute Gasteiger partial charge is 0.496 e. The van der Waals surface area contributed by atoms with Gasteiger partial charge in [-0.1, -0.05) is 26.8 Å². The van der Waals surface area contributed by atoms with Crippen molar-refractivity contribution in [3.8, 4) is 5.75 Å². The van der Waals surface area contributed by atoms with E-state index in [1.807, 2.05) is 0 Å². The number of carbonyl (C=O) groups is 1. The van der Waals surface area contributed by atoms with Gasteiger partial charge in [0.1, 0.15) is 12.4 Å². The topological polar surface area (TPSA) is 72.8 Å². The number of carbonyl (C=O) groups excluding carboxylic acids is 1. The fourth-order valence-electron chi connectivity index (χ4n) is 3.25. The Labute approximate surface area is 150 Å². The number of benzene rings is 1. The second-order valence-corrected chi connectivity index (χ2v) is 8.14. The molecule has 1 unspecified atom stereocenters. The summed E-state index contributed by atoms with van der Waals surface area (Å²) in [4.78, 5) is 20.5. The van der Waals surface area contributed by atoms with Gasteiger partial charge in [-0.15, -0.1) is 0 Å². The predicted octanol–water partition coefficient (Wildman–Crippen LogP) is 3.85. The Morgan fingerprint density at radius 3 is 2.48 bits per heavy atom. The lowest BCUT2D eigenvalue weighted by Crippen LogP contribution is -2.17. The average Bonchev–Trinajstić information content (AvgIpc) is 2.56. The number of fused-ring (bicyclic) bond motifs is 1. The second-order valence-electron chi connectivity index (χ2n) is 7.32. The van der Waals surface area contributed by atoms with Crippen LogP contribution in [0.5, 0.6) is 5.75 Å². The summed E-state index contributed by atoms with van der Waals surface area (Å²) in [6.07, 6.45) is 7.41. The van der Waals surface area contributed by atoms with Crippen LogP contribution < -0.4 is 4.74 Å². The van der Waals surface area contributed by atoms with Crippen molar-refractivity contribution in [3.63, 3.8) is 0 Å². The van der Waals surface area contributed by atoms with Crippen molar-refractivity contribution in [1.29, 1.82) is 0 Å². The molecule has 0 spiro atoms. The molecule has 1 atom stereocenters. The second kappa shape index (κ2) is 8.31. The number of hydrogen-bond donors (Lipinski definition) is 1. The molecule has 25 heavy (non-hydrogen) atoms. The number of ether oxygens (including phenoxy) is 1. The number of methoxy groups -OCH3 is 1. The summed E-state index contributed by atoms with van der Waals surface area (Å²) >= 11 is 0. The summed E-state index contributed by atoms with van der Waals surface area (Å²) in [5, 5.41) is 0. The molecule has 1 aliphatic rings. The Morgan fingerprint density at radius 1 is 1.28 bits per heavy atom. The van der Waals surface area contributed by atoms with Crippen molar-refractivity contribution >= 4 is 20.1 Å². The molecule has 0 amide bonds. The lowest BCUT2D eigenvalue weighted by atomic mass is 9.78. The van der Waals surface area contributed by atoms with Crippen LogP contribution in [0, 0.1) is 0 Å². The minimum absolute atomic E-state index is 0.0791. The summed E-state index contributed by atoms with van der Waals surface area (Å²) in [7, 11) is -1.37. The molecule has 6 heteroatoms. The normalized spacial score (nSPS) is 15.9. The molecule has 1 aliphatic carbocycles. The van der Waals surface area contributed by atoms with Gasteiger partial charge < -0.3 is 14.2 Å². The summed E-state index contributed by atoms with van der Waals surface area (Å²) < 4.78 is 20.8. The number of rotatable bonds is 6. The van der Waals surface area contributed by atoms with Crippen LogP contribution in [0.2, 0.25) is 0 Å². The highest BCUT2D eigenvalue weighted by atomic mass is 31.1. The first-order valence-corrected chi connectivity index (χ1v) is 9.80. The fraction of sp³-hybridized carbons (Fsp3) is 0.526. The Kier molecular flexibility index (Phi) is 6.61. The molecule has 0 heterocycles. The summed E-state index contributed by atoms with van der Waals surface area (Å²) in [6, 6.07) is 2.10. The van der Waals surface area contributed by atoms with Crippen LogP contribution in [0.25, 0.3) is 6.08 Å². The van der Waals surface area contributed by atoms with Crippen LogP contribution in [0.15, 0.2) is 12.1 Å². The fourth-order valence-corrected chi connectivity index (χ4v) is 3.51. The molecule has 2 rings (SSSR count). The van der Waals surface area contributed by atoms with E-state index in [2.05, 4.69) is 31.4 Å². The maximum atomic E-state index is 11.8. The van der Waals surface area contributed by atoms with Crippen LogP contribution in [0.1, 0.15) is 55.9 Å². The Bertz CT molecular complexity index is 701.